The van der Waals surface area contributed by atoms with E-state index in [2.05, 4.69) is 17.0 Å². The molecule has 1 amide bonds. The van der Waals surface area contributed by atoms with E-state index in [9.17, 15) is 9.59 Å². The van der Waals surface area contributed by atoms with Crippen molar-refractivity contribution in [2.45, 2.75) is 0 Å². The smallest absolute Gasteiger partial charge is 0.273 e. The minimum absolute atomic E-state index is 0.242. The highest BCUT2D eigenvalue weighted by Gasteiger charge is 2.10. The van der Waals surface area contributed by atoms with Crippen LogP contribution < -0.4 is 10.9 Å². The zero-order valence-corrected chi connectivity index (χ0v) is 11.1. The van der Waals surface area contributed by atoms with Crippen molar-refractivity contribution in [2.24, 2.45) is 0 Å². The van der Waals surface area contributed by atoms with Gasteiger partial charge >= 0.3 is 0 Å². The predicted molar refractivity (Wildman–Crippen MR) is 75.2 cm³/mol. The molecule has 2 aromatic rings. The van der Waals surface area contributed by atoms with E-state index in [0.29, 0.717) is 15.7 Å². The number of amides is 1. The molecule has 0 atom stereocenters. The minimum atomic E-state index is -0.425. The van der Waals surface area contributed by atoms with E-state index in [0.717, 1.165) is 6.08 Å². The third kappa shape index (κ3) is 2.89. The van der Waals surface area contributed by atoms with Crippen LogP contribution in [-0.2, 0) is 4.79 Å². The summed E-state index contributed by atoms with van der Waals surface area (Å²) in [4.78, 5) is 23.0. The summed E-state index contributed by atoms with van der Waals surface area (Å²) in [6.07, 6.45) is 1.10. The van der Waals surface area contributed by atoms with Crippen LogP contribution >= 0.6 is 23.2 Å². The Morgan fingerprint density at radius 1 is 1.37 bits per heavy atom. The highest BCUT2D eigenvalue weighted by molar-refractivity contribution is 6.34. The predicted octanol–water partition coefficient (Wildman–Crippen LogP) is 2.60. The molecule has 1 aromatic carbocycles. The van der Waals surface area contributed by atoms with Crippen molar-refractivity contribution < 1.29 is 4.79 Å². The van der Waals surface area contributed by atoms with Gasteiger partial charge in [-0.3, -0.25) is 14.7 Å². The van der Waals surface area contributed by atoms with Gasteiger partial charge in [0.25, 0.3) is 5.56 Å². The summed E-state index contributed by atoms with van der Waals surface area (Å²) < 4.78 is 1.19. The first-order valence-electron chi connectivity index (χ1n) is 5.22. The number of rotatable bonds is 3. The van der Waals surface area contributed by atoms with Gasteiger partial charge in [-0.2, -0.15) is 0 Å². The molecule has 2 rings (SSSR count). The molecule has 1 heterocycles. The van der Waals surface area contributed by atoms with Gasteiger partial charge in [-0.25, -0.2) is 4.68 Å². The zero-order valence-electron chi connectivity index (χ0n) is 9.61. The molecule has 2 N–H and O–H groups in total. The lowest BCUT2D eigenvalue weighted by Gasteiger charge is -2.05. The van der Waals surface area contributed by atoms with Gasteiger partial charge in [0, 0.05) is 11.1 Å². The third-order valence-corrected chi connectivity index (χ3v) is 2.87. The van der Waals surface area contributed by atoms with Crippen LogP contribution in [0.4, 0.5) is 5.82 Å². The molecule has 0 aliphatic carbocycles. The van der Waals surface area contributed by atoms with Gasteiger partial charge in [-0.05, 0) is 24.3 Å². The second-order valence-electron chi connectivity index (χ2n) is 3.63. The summed E-state index contributed by atoms with van der Waals surface area (Å²) in [5.41, 5.74) is 0.0294. The Labute approximate surface area is 118 Å². The molecule has 0 saturated heterocycles. The number of nitrogens with one attached hydrogen (secondary N) is 2. The summed E-state index contributed by atoms with van der Waals surface area (Å²) in [7, 11) is 0. The number of nitrogens with zero attached hydrogens (tertiary/aromatic N) is 1. The average molecular weight is 298 g/mol. The maximum atomic E-state index is 11.8. The topological polar surface area (TPSA) is 66.9 Å². The Hall–Kier alpha value is -1.98. The molecule has 98 valence electrons. The summed E-state index contributed by atoms with van der Waals surface area (Å²) in [5.74, 6) is -0.184. The van der Waals surface area contributed by atoms with E-state index in [1.54, 1.807) is 18.2 Å². The second-order valence-corrected chi connectivity index (χ2v) is 4.48. The number of halogens is 2. The van der Waals surface area contributed by atoms with Crippen molar-refractivity contribution in [1.82, 2.24) is 9.78 Å². The van der Waals surface area contributed by atoms with Gasteiger partial charge < -0.3 is 5.32 Å². The van der Waals surface area contributed by atoms with E-state index in [1.165, 1.54) is 10.7 Å². The Balaban J connectivity index is 2.46. The molecule has 5 nitrogen and oxygen atoms in total. The minimum Gasteiger partial charge on any atom is -0.307 e. The quantitative estimate of drug-likeness (QED) is 0.855. The highest BCUT2D eigenvalue weighted by atomic mass is 35.5. The summed E-state index contributed by atoms with van der Waals surface area (Å²) in [6.45, 7) is 3.32. The molecule has 1 aromatic heterocycles. The Morgan fingerprint density at radius 2 is 2.11 bits per heavy atom. The van der Waals surface area contributed by atoms with Crippen molar-refractivity contribution in [3.8, 4) is 5.69 Å². The van der Waals surface area contributed by atoms with E-state index >= 15 is 0 Å². The standard InChI is InChI=1S/C12H9Cl2N3O2/c1-2-11(18)15-10-6-12(19)17(16-10)9-5-7(13)3-4-8(9)14/h2-6,16H,1H2,(H,15,18). The first-order valence-corrected chi connectivity index (χ1v) is 5.98. The molecule has 0 bridgehead atoms. The van der Waals surface area contributed by atoms with Crippen molar-refractivity contribution in [3.63, 3.8) is 0 Å². The van der Waals surface area contributed by atoms with Crippen LogP contribution in [0, 0.1) is 0 Å². The number of hydrogen-bond acceptors (Lipinski definition) is 2. The number of hydrogen-bond donors (Lipinski definition) is 2. The summed E-state index contributed by atoms with van der Waals surface area (Å²) in [5, 5.41) is 5.96. The largest absolute Gasteiger partial charge is 0.307 e. The first-order chi connectivity index (χ1) is 9.01. The zero-order chi connectivity index (χ0) is 14.0. The number of benzene rings is 1. The van der Waals surface area contributed by atoms with Gasteiger partial charge in [0.1, 0.15) is 5.82 Å². The fraction of sp³-hybridized carbons (Fsp3) is 0. The number of aromatic nitrogens is 2. The van der Waals surface area contributed by atoms with Crippen molar-refractivity contribution in [2.75, 3.05) is 5.32 Å². The molecular weight excluding hydrogens is 289 g/mol. The molecule has 0 spiro atoms. The molecule has 0 saturated carbocycles. The van der Waals surface area contributed by atoms with Crippen LogP contribution in [0.1, 0.15) is 0 Å². The average Bonchev–Trinajstić information content (AvgIpc) is 2.73. The number of H-pyrrole nitrogens is 1. The van der Waals surface area contributed by atoms with Crippen molar-refractivity contribution >= 4 is 34.9 Å². The SMILES string of the molecule is C=CC(=O)Nc1cc(=O)n(-c2cc(Cl)ccc2Cl)[nH]1. The van der Waals surface area contributed by atoms with E-state index in [1.807, 2.05) is 0 Å². The molecule has 0 aliphatic heterocycles. The normalized spacial score (nSPS) is 10.2. The van der Waals surface area contributed by atoms with Gasteiger partial charge in [0.05, 0.1) is 10.7 Å². The van der Waals surface area contributed by atoms with Crippen LogP contribution in [0.2, 0.25) is 10.0 Å². The number of anilines is 1. The lowest BCUT2D eigenvalue weighted by Crippen LogP contribution is -2.14. The van der Waals surface area contributed by atoms with E-state index in [-0.39, 0.29) is 11.4 Å². The molecule has 0 aliphatic rings. The number of aromatic amines is 1. The molecular formula is C12H9Cl2N3O2. The van der Waals surface area contributed by atoms with Crippen LogP contribution in [0.15, 0.2) is 41.7 Å². The lowest BCUT2D eigenvalue weighted by atomic mass is 10.3. The molecule has 0 unspecified atom stereocenters. The van der Waals surface area contributed by atoms with Crippen LogP contribution in [-0.4, -0.2) is 15.7 Å². The van der Waals surface area contributed by atoms with Gasteiger partial charge in [-0.15, -0.1) is 0 Å². The number of carbonyl (C=O) groups excluding carboxylic acids is 1. The van der Waals surface area contributed by atoms with Crippen LogP contribution in [0.25, 0.3) is 5.69 Å². The summed E-state index contributed by atoms with van der Waals surface area (Å²) >= 11 is 11.9. The van der Waals surface area contributed by atoms with E-state index in [4.69, 9.17) is 23.2 Å². The summed E-state index contributed by atoms with van der Waals surface area (Å²) in [6, 6.07) is 5.97. The monoisotopic (exact) mass is 297 g/mol. The van der Waals surface area contributed by atoms with E-state index < -0.39 is 5.91 Å². The molecule has 19 heavy (non-hydrogen) atoms. The van der Waals surface area contributed by atoms with Gasteiger partial charge in [-0.1, -0.05) is 29.8 Å². The Bertz CT molecular complexity index is 703. The fourth-order valence-electron chi connectivity index (χ4n) is 1.48. The lowest BCUT2D eigenvalue weighted by molar-refractivity contribution is -0.111. The molecule has 7 heteroatoms. The first kappa shape index (κ1) is 13.5. The third-order valence-electron chi connectivity index (χ3n) is 2.31. The maximum absolute atomic E-state index is 11.8. The van der Waals surface area contributed by atoms with Crippen LogP contribution in [0.5, 0.6) is 0 Å². The Kier molecular flexibility index (Phi) is 3.78. The molecule has 0 radical (unpaired) electrons. The Morgan fingerprint density at radius 3 is 2.79 bits per heavy atom. The van der Waals surface area contributed by atoms with Crippen LogP contribution in [0.3, 0.4) is 0 Å². The second kappa shape index (κ2) is 5.34. The fourth-order valence-corrected chi connectivity index (χ4v) is 1.85. The van der Waals surface area contributed by atoms with Gasteiger partial charge in [0.15, 0.2) is 0 Å². The van der Waals surface area contributed by atoms with Crippen molar-refractivity contribution in [3.05, 3.63) is 57.3 Å². The number of carbonyl (C=O) groups is 1. The molecule has 0 fully saturated rings. The van der Waals surface area contributed by atoms with Crippen molar-refractivity contribution in [1.29, 1.82) is 0 Å². The van der Waals surface area contributed by atoms with Gasteiger partial charge in [0.2, 0.25) is 5.91 Å². The maximum Gasteiger partial charge on any atom is 0.273 e. The highest BCUT2D eigenvalue weighted by Crippen LogP contribution is 2.23.